The van der Waals surface area contributed by atoms with Gasteiger partial charge in [-0.3, -0.25) is 10.1 Å². The lowest BCUT2D eigenvalue weighted by Crippen LogP contribution is -2.28. The summed E-state index contributed by atoms with van der Waals surface area (Å²) < 4.78 is 5.20. The first-order valence-corrected chi connectivity index (χ1v) is 9.89. The number of carbonyl (C=O) groups is 2. The van der Waals surface area contributed by atoms with Gasteiger partial charge in [0.15, 0.2) is 5.13 Å². The highest BCUT2D eigenvalue weighted by Gasteiger charge is 2.29. The summed E-state index contributed by atoms with van der Waals surface area (Å²) in [4.78, 5) is 27.5. The zero-order valence-electron chi connectivity index (χ0n) is 14.8. The van der Waals surface area contributed by atoms with Gasteiger partial charge in [-0.25, -0.2) is 9.78 Å². The first-order valence-electron chi connectivity index (χ1n) is 8.25. The summed E-state index contributed by atoms with van der Waals surface area (Å²) in [6.07, 6.45) is 0.506. The molecular weight excluding hydrogens is 447 g/mol. The molecule has 1 unspecified atom stereocenters. The molecule has 0 saturated carbocycles. The highest BCUT2D eigenvalue weighted by atomic mass is 35.5. The zero-order valence-corrected chi connectivity index (χ0v) is 18.0. The van der Waals surface area contributed by atoms with Crippen LogP contribution < -0.4 is 16.0 Å². The summed E-state index contributed by atoms with van der Waals surface area (Å²) in [6.45, 7) is 2.30. The molecule has 1 aromatic carbocycles. The van der Waals surface area contributed by atoms with Crippen LogP contribution in [0.4, 0.5) is 9.93 Å². The van der Waals surface area contributed by atoms with Crippen molar-refractivity contribution in [1.82, 2.24) is 15.6 Å². The number of carbonyl (C=O) groups excluding carboxylic acids is 2. The van der Waals surface area contributed by atoms with Crippen LogP contribution in [-0.4, -0.2) is 29.6 Å². The highest BCUT2D eigenvalue weighted by Crippen LogP contribution is 2.28. The van der Waals surface area contributed by atoms with Crippen LogP contribution in [0.5, 0.6) is 0 Å². The lowest BCUT2D eigenvalue weighted by molar-refractivity contribution is -0.145. The summed E-state index contributed by atoms with van der Waals surface area (Å²) in [7, 11) is 0. The van der Waals surface area contributed by atoms with E-state index in [0.717, 1.165) is 11.3 Å². The maximum atomic E-state index is 12.1. The molecule has 2 heterocycles. The predicted octanol–water partition coefficient (Wildman–Crippen LogP) is 4.16. The van der Waals surface area contributed by atoms with E-state index in [0.29, 0.717) is 34.7 Å². The number of hydrogen-bond donors (Lipinski definition) is 3. The van der Waals surface area contributed by atoms with Crippen LogP contribution in [0, 0.1) is 0 Å². The largest absolute Gasteiger partial charge is 0.461 e. The Morgan fingerprint density at radius 2 is 2.14 bits per heavy atom. The number of aromatic nitrogens is 1. The van der Waals surface area contributed by atoms with E-state index in [1.54, 1.807) is 18.2 Å². The van der Waals surface area contributed by atoms with Crippen molar-refractivity contribution in [1.29, 1.82) is 0 Å². The Balaban J connectivity index is 0.00000280. The van der Waals surface area contributed by atoms with Gasteiger partial charge in [-0.15, -0.1) is 23.7 Å². The fourth-order valence-corrected chi connectivity index (χ4v) is 3.81. The smallest absolute Gasteiger partial charge is 0.321 e. The van der Waals surface area contributed by atoms with Crippen molar-refractivity contribution < 1.29 is 14.3 Å². The second-order valence-electron chi connectivity index (χ2n) is 6.06. The van der Waals surface area contributed by atoms with Crippen LogP contribution in [0.2, 0.25) is 10.0 Å². The second-order valence-corrected chi connectivity index (χ2v) is 7.73. The van der Waals surface area contributed by atoms with E-state index >= 15 is 0 Å². The number of anilines is 1. The second kappa shape index (κ2) is 10.3. The summed E-state index contributed by atoms with van der Waals surface area (Å²) >= 11 is 13.2. The fraction of sp³-hybridized carbons (Fsp3) is 0.353. The molecule has 1 fully saturated rings. The number of rotatable bonds is 5. The lowest BCUT2D eigenvalue weighted by Gasteiger charge is -2.09. The van der Waals surface area contributed by atoms with Crippen LogP contribution >= 0.6 is 46.9 Å². The van der Waals surface area contributed by atoms with Gasteiger partial charge in [0.1, 0.15) is 6.10 Å². The number of thiazole rings is 1. The van der Waals surface area contributed by atoms with Gasteiger partial charge in [0.25, 0.3) is 0 Å². The average Bonchev–Trinajstić information content (AvgIpc) is 3.25. The van der Waals surface area contributed by atoms with Crippen molar-refractivity contribution in [3.8, 4) is 0 Å². The third-order valence-electron chi connectivity index (χ3n) is 3.96. The number of ether oxygens (including phenoxy) is 1. The molecular formula is C17H19Cl3N4O3S. The molecule has 1 aliphatic heterocycles. The molecule has 0 aliphatic carbocycles. The summed E-state index contributed by atoms with van der Waals surface area (Å²) in [6, 6.07) is 4.82. The number of amides is 2. The van der Waals surface area contributed by atoms with E-state index in [1.807, 2.05) is 5.38 Å². The van der Waals surface area contributed by atoms with Gasteiger partial charge in [-0.1, -0.05) is 29.3 Å². The number of nitrogens with zero attached hydrogens (tertiary/aromatic N) is 1. The molecule has 1 saturated heterocycles. The predicted molar refractivity (Wildman–Crippen MR) is 113 cm³/mol. The fourth-order valence-electron chi connectivity index (χ4n) is 2.73. The summed E-state index contributed by atoms with van der Waals surface area (Å²) in [5.41, 5.74) is 1.65. The molecule has 152 valence electrons. The molecule has 28 heavy (non-hydrogen) atoms. The lowest BCUT2D eigenvalue weighted by atomic mass is 10.1. The number of halogens is 3. The van der Waals surface area contributed by atoms with E-state index in [2.05, 4.69) is 20.9 Å². The van der Waals surface area contributed by atoms with E-state index in [9.17, 15) is 9.59 Å². The average molecular weight is 466 g/mol. The Bertz CT molecular complexity index is 849. The molecule has 2 aromatic rings. The highest BCUT2D eigenvalue weighted by molar-refractivity contribution is 7.13. The molecule has 1 aromatic heterocycles. The number of benzene rings is 1. The Labute approximate surface area is 182 Å². The van der Waals surface area contributed by atoms with Gasteiger partial charge in [0.05, 0.1) is 21.8 Å². The molecule has 0 bridgehead atoms. The van der Waals surface area contributed by atoms with E-state index in [1.165, 1.54) is 18.3 Å². The van der Waals surface area contributed by atoms with Crippen molar-refractivity contribution in [3.63, 3.8) is 0 Å². The standard InChI is InChI=1S/C17H18Cl2N4O3S.ClH/c1-9(24)26-11-5-14(20-7-11)15-8-27-17(22-15)23-16(25)21-6-10-2-3-12(18)13(19)4-10;/h2-4,8,11,14,20H,5-7H2,1H3,(H2,21,22,23,25);1H/t11-,14?;/m1./s1. The van der Waals surface area contributed by atoms with Crippen molar-refractivity contribution >= 4 is 64.1 Å². The van der Waals surface area contributed by atoms with Crippen molar-refractivity contribution in [2.75, 3.05) is 11.9 Å². The molecule has 7 nitrogen and oxygen atoms in total. The molecule has 11 heteroatoms. The number of nitrogens with one attached hydrogen (secondary N) is 3. The molecule has 2 atom stereocenters. The minimum absolute atomic E-state index is 0. The van der Waals surface area contributed by atoms with Gasteiger partial charge in [-0.2, -0.15) is 0 Å². The normalized spacial score (nSPS) is 18.2. The van der Waals surface area contributed by atoms with Crippen LogP contribution in [0.25, 0.3) is 0 Å². The van der Waals surface area contributed by atoms with E-state index in [-0.39, 0.29) is 36.6 Å². The summed E-state index contributed by atoms with van der Waals surface area (Å²) in [5, 5.41) is 12.0. The Hall–Kier alpha value is -1.58. The van der Waals surface area contributed by atoms with Crippen LogP contribution in [0.3, 0.4) is 0 Å². The maximum Gasteiger partial charge on any atom is 0.321 e. The zero-order chi connectivity index (χ0) is 19.4. The number of urea groups is 1. The van der Waals surface area contributed by atoms with Gasteiger partial charge in [-0.05, 0) is 17.7 Å². The Morgan fingerprint density at radius 1 is 1.36 bits per heavy atom. The number of esters is 1. The topological polar surface area (TPSA) is 92.4 Å². The van der Waals surface area contributed by atoms with Gasteiger partial charge >= 0.3 is 12.0 Å². The molecule has 3 rings (SSSR count). The third kappa shape index (κ3) is 6.22. The molecule has 2 amide bonds. The van der Waals surface area contributed by atoms with Crippen LogP contribution in [0.1, 0.15) is 30.6 Å². The van der Waals surface area contributed by atoms with Crippen LogP contribution in [-0.2, 0) is 16.1 Å². The van der Waals surface area contributed by atoms with Crippen molar-refractivity contribution in [2.45, 2.75) is 32.0 Å². The van der Waals surface area contributed by atoms with E-state index < -0.39 is 0 Å². The first-order chi connectivity index (χ1) is 12.9. The third-order valence-corrected chi connectivity index (χ3v) is 5.47. The quantitative estimate of drug-likeness (QED) is 0.577. The Kier molecular flexibility index (Phi) is 8.33. The van der Waals surface area contributed by atoms with Gasteiger partial charge in [0.2, 0.25) is 0 Å². The van der Waals surface area contributed by atoms with Crippen molar-refractivity contribution in [3.05, 3.63) is 44.9 Å². The molecule has 3 N–H and O–H groups in total. The monoisotopic (exact) mass is 464 g/mol. The van der Waals surface area contributed by atoms with Crippen LogP contribution in [0.15, 0.2) is 23.6 Å². The number of hydrogen-bond acceptors (Lipinski definition) is 6. The SMILES string of the molecule is CC(=O)O[C@H]1CNC(c2csc(NC(=O)NCc3ccc(Cl)c(Cl)c3)n2)C1.Cl. The minimum Gasteiger partial charge on any atom is -0.461 e. The van der Waals surface area contributed by atoms with Gasteiger partial charge < -0.3 is 15.4 Å². The Morgan fingerprint density at radius 3 is 2.86 bits per heavy atom. The minimum atomic E-state index is -0.362. The summed E-state index contributed by atoms with van der Waals surface area (Å²) in [5.74, 6) is -0.290. The molecule has 0 radical (unpaired) electrons. The first kappa shape index (κ1) is 22.7. The van der Waals surface area contributed by atoms with Gasteiger partial charge in [0, 0.05) is 31.8 Å². The van der Waals surface area contributed by atoms with E-state index in [4.69, 9.17) is 27.9 Å². The van der Waals surface area contributed by atoms with Crippen molar-refractivity contribution in [2.24, 2.45) is 0 Å². The maximum absolute atomic E-state index is 12.1. The molecule has 0 spiro atoms. The molecule has 1 aliphatic rings.